The summed E-state index contributed by atoms with van der Waals surface area (Å²) in [6.45, 7) is 39.9. The average molecular weight is 967 g/mol. The summed E-state index contributed by atoms with van der Waals surface area (Å²) in [6, 6.07) is 39.5. The minimum absolute atomic E-state index is 0. The van der Waals surface area contributed by atoms with Crippen LogP contribution in [0.4, 0.5) is 0 Å². The van der Waals surface area contributed by atoms with E-state index < -0.39 is 47.4 Å². The largest absolute Gasteiger partial charge is 0.442 e. The minimum Gasteiger partial charge on any atom is -0.442 e. The molecular weight excluding hydrogens is 890 g/mol. The van der Waals surface area contributed by atoms with Crippen LogP contribution in [-0.4, -0.2) is 60.9 Å². The second-order valence-electron chi connectivity index (χ2n) is 18.7. The van der Waals surface area contributed by atoms with Crippen molar-refractivity contribution in [1.82, 2.24) is 0 Å². The van der Waals surface area contributed by atoms with Crippen LogP contribution in [0.3, 0.4) is 0 Å². The Morgan fingerprint density at radius 2 is 0.456 bits per heavy atom. The fraction of sp³-hybridized carbons (Fsp3) is 0.500. The van der Waals surface area contributed by atoms with E-state index in [-0.39, 0.29) is 33.0 Å². The monoisotopic (exact) mass is 964 g/mol. The van der Waals surface area contributed by atoms with E-state index in [1.54, 1.807) is 42.0 Å². The standard InChI is InChI=1S/C48H72OP4Si2.2Ni/c1-33(2)50(34(3)4)41-25-17-21-29-45(41)54(46-30-22-18-26-42(46)51(35(5)6)36(7)8)49-55(54,47-31-23-19-27-43(47)52(37(9)10)38(11)12)48-32-24-20-28-44(48)53(39(13)14)40(15)16;;/h17-40H,1-16H3;;/p+4. The van der Waals surface area contributed by atoms with Gasteiger partial charge in [-0.25, -0.2) is 0 Å². The molecular formula is C48H76Ni2OP4Si2+4. The van der Waals surface area contributed by atoms with Gasteiger partial charge >= 0.3 is 0 Å². The van der Waals surface area contributed by atoms with E-state index in [4.69, 9.17) is 4.12 Å². The third-order valence-corrected chi connectivity index (χ3v) is 41.5. The maximum Gasteiger partial charge on any atom is 0.280 e. The van der Waals surface area contributed by atoms with Crippen molar-refractivity contribution in [2.45, 2.75) is 156 Å². The maximum atomic E-state index is 8.58. The van der Waals surface area contributed by atoms with Gasteiger partial charge in [-0.1, -0.05) is 72.8 Å². The fourth-order valence-corrected chi connectivity index (χ4v) is 46.8. The molecule has 1 heterocycles. The molecule has 9 heteroatoms. The first kappa shape index (κ1) is 51.3. The van der Waals surface area contributed by atoms with Crippen molar-refractivity contribution >= 4 is 89.3 Å². The molecule has 0 atom stereocenters. The normalized spacial score (nSPS) is 15.1. The van der Waals surface area contributed by atoms with E-state index >= 15 is 0 Å². The zero-order chi connectivity index (χ0) is 40.6. The molecule has 0 radical (unpaired) electrons. The number of hydrogen-bond donors (Lipinski definition) is 0. The Balaban J connectivity index is 0.00000435. The molecule has 0 bridgehead atoms. The van der Waals surface area contributed by atoms with Crippen molar-refractivity contribution in [3.63, 3.8) is 0 Å². The van der Waals surface area contributed by atoms with Crippen LogP contribution in [-0.2, 0) is 37.1 Å². The smallest absolute Gasteiger partial charge is 0.280 e. The number of hydrogen-bond acceptors (Lipinski definition) is 1. The summed E-state index contributed by atoms with van der Waals surface area (Å²) in [5, 5.41) is 13.1. The molecule has 1 fully saturated rings. The number of rotatable bonds is 16. The first-order chi connectivity index (χ1) is 25.9. The van der Waals surface area contributed by atoms with E-state index in [2.05, 4.69) is 208 Å². The van der Waals surface area contributed by atoms with Crippen LogP contribution in [0, 0.1) is 0 Å². The predicted molar refractivity (Wildman–Crippen MR) is 270 cm³/mol. The Kier molecular flexibility index (Phi) is 19.2. The third kappa shape index (κ3) is 9.81. The molecule has 0 aromatic heterocycles. The van der Waals surface area contributed by atoms with Gasteiger partial charge in [0.05, 0.1) is 66.5 Å². The second-order valence-corrected chi connectivity index (χ2v) is 43.7. The molecule has 1 nitrogen and oxygen atoms in total. The zero-order valence-corrected chi connectivity index (χ0v) is 45.9. The molecule has 4 aromatic rings. The van der Waals surface area contributed by atoms with E-state index in [1.807, 2.05) is 0 Å². The summed E-state index contributed by atoms with van der Waals surface area (Å²) in [5.41, 5.74) is 5.01. The van der Waals surface area contributed by atoms with Crippen LogP contribution in [0.1, 0.15) is 111 Å². The van der Waals surface area contributed by atoms with E-state index in [0.717, 1.165) is 0 Å². The van der Waals surface area contributed by atoms with Crippen molar-refractivity contribution in [2.24, 2.45) is 0 Å². The molecule has 318 valence electrons. The molecule has 0 N–H and O–H groups in total. The van der Waals surface area contributed by atoms with Crippen LogP contribution in [0.5, 0.6) is 0 Å². The van der Waals surface area contributed by atoms with Gasteiger partial charge < -0.3 is 4.12 Å². The van der Waals surface area contributed by atoms with Gasteiger partial charge in [-0.3, -0.25) is 0 Å². The first-order valence-electron chi connectivity index (χ1n) is 21.5. The average Bonchev–Trinajstić information content (AvgIpc) is 3.79. The second kappa shape index (κ2) is 21.4. The molecule has 4 aromatic carbocycles. The molecule has 57 heavy (non-hydrogen) atoms. The van der Waals surface area contributed by atoms with Gasteiger partial charge in [-0.15, -0.1) is 0 Å². The first-order valence-corrected chi connectivity index (χ1v) is 32.9. The van der Waals surface area contributed by atoms with Crippen molar-refractivity contribution in [3.8, 4) is 0 Å². The van der Waals surface area contributed by atoms with Crippen LogP contribution in [0.25, 0.3) is 0 Å². The summed E-state index contributed by atoms with van der Waals surface area (Å²) >= 11 is 0. The van der Waals surface area contributed by atoms with E-state index in [9.17, 15) is 0 Å². The quantitative estimate of drug-likeness (QED) is 0.0621. The summed E-state index contributed by atoms with van der Waals surface area (Å²) in [7, 11) is -9.55. The maximum absolute atomic E-state index is 8.58. The minimum atomic E-state index is -2.94. The van der Waals surface area contributed by atoms with Crippen molar-refractivity contribution in [3.05, 3.63) is 97.1 Å². The Morgan fingerprint density at radius 3 is 0.614 bits per heavy atom. The molecule has 0 unspecified atom stereocenters. The van der Waals surface area contributed by atoms with Crippen molar-refractivity contribution in [2.75, 3.05) is 0 Å². The van der Waals surface area contributed by atoms with Gasteiger partial charge in [-0.05, 0) is 135 Å². The van der Waals surface area contributed by atoms with E-state index in [1.165, 1.54) is 0 Å². The third-order valence-electron chi connectivity index (χ3n) is 12.2. The van der Waals surface area contributed by atoms with Gasteiger partial charge in [0.2, 0.25) is 0 Å². The Bertz CT molecular complexity index is 1600. The zero-order valence-electron chi connectivity index (χ0n) is 37.9. The molecule has 0 amide bonds. The van der Waals surface area contributed by atoms with Crippen LogP contribution in [0.2, 0.25) is 0 Å². The molecule has 0 aliphatic carbocycles. The summed E-state index contributed by atoms with van der Waals surface area (Å²) < 4.78 is 8.58. The molecule has 0 spiro atoms. The Hall–Kier alpha value is -0.0192. The molecule has 0 saturated carbocycles. The molecule has 1 aliphatic heterocycles. The van der Waals surface area contributed by atoms with Gasteiger partial charge in [0.1, 0.15) is 0 Å². The summed E-state index contributed by atoms with van der Waals surface area (Å²) in [6.07, 6.45) is 0. The van der Waals surface area contributed by atoms with Crippen LogP contribution >= 0.6 is 31.7 Å². The molecule has 1 aliphatic rings. The Morgan fingerprint density at radius 1 is 0.298 bits per heavy atom. The molecule has 5 rings (SSSR count). The van der Waals surface area contributed by atoms with E-state index in [0.29, 0.717) is 45.3 Å². The SMILES string of the molecule is CC(C)[PH+](c1ccccc1[Si]1(c2ccccc2[PH+](C(C)C)C(C)C)O[Si]1(c1ccccc1[PH+](C(C)C)C(C)C)c1ccccc1[PH+](C(C)C)C(C)C)C(C)C.[Ni].[Ni]. The predicted octanol–water partition coefficient (Wildman–Crippen LogP) is 9.24. The fourth-order valence-electron chi connectivity index (χ4n) is 10.8. The van der Waals surface area contributed by atoms with Crippen molar-refractivity contribution < 1.29 is 37.1 Å². The Labute approximate surface area is 376 Å². The summed E-state index contributed by atoms with van der Waals surface area (Å²) in [5.74, 6) is 0. The van der Waals surface area contributed by atoms with Gasteiger partial charge in [0, 0.05) is 85.4 Å². The van der Waals surface area contributed by atoms with Gasteiger partial charge in [0.25, 0.3) is 15.7 Å². The number of benzene rings is 4. The van der Waals surface area contributed by atoms with Gasteiger partial charge in [-0.2, -0.15) is 0 Å². The summed E-state index contributed by atoms with van der Waals surface area (Å²) in [4.78, 5) is 0. The van der Waals surface area contributed by atoms with Gasteiger partial charge in [0.15, 0.2) is 0 Å². The molecule has 1 saturated heterocycles. The van der Waals surface area contributed by atoms with Crippen LogP contribution < -0.4 is 42.0 Å². The van der Waals surface area contributed by atoms with Crippen molar-refractivity contribution in [1.29, 1.82) is 0 Å². The topological polar surface area (TPSA) is 12.5 Å². The van der Waals surface area contributed by atoms with Crippen LogP contribution in [0.15, 0.2) is 97.1 Å².